The molecule has 2 aromatic rings. The fraction of sp³-hybridized carbons (Fsp3) is 0.480. The number of likely N-dealkylation sites (tertiary alicyclic amines) is 1. The highest BCUT2D eigenvalue weighted by atomic mass is 32.2. The number of amides is 1. The SMILES string of the molecule is COc1ccc2c(c1)CN(C(=O)CCN1CCC(Cc3ccc(O)cc3)CC1)CC[S+]2[O-]. The summed E-state index contributed by atoms with van der Waals surface area (Å²) in [5.74, 6) is 2.30. The van der Waals surface area contributed by atoms with E-state index in [2.05, 4.69) is 4.90 Å². The average Bonchev–Trinajstić information content (AvgIpc) is 2.98. The Morgan fingerprint density at radius 1 is 1.16 bits per heavy atom. The molecule has 0 radical (unpaired) electrons. The summed E-state index contributed by atoms with van der Waals surface area (Å²) in [7, 11) is 1.62. The van der Waals surface area contributed by atoms with Crippen LogP contribution < -0.4 is 4.74 Å². The van der Waals surface area contributed by atoms with Gasteiger partial charge in [0, 0.05) is 18.5 Å². The molecule has 1 saturated heterocycles. The van der Waals surface area contributed by atoms with Crippen LogP contribution in [0.1, 0.15) is 30.4 Å². The fourth-order valence-corrected chi connectivity index (χ4v) is 5.86. The van der Waals surface area contributed by atoms with Crippen LogP contribution in [0.5, 0.6) is 11.5 Å². The number of carbonyl (C=O) groups is 1. The highest BCUT2D eigenvalue weighted by Gasteiger charge is 2.27. The molecular weight excluding hydrogens is 424 g/mol. The van der Waals surface area contributed by atoms with Gasteiger partial charge in [-0.2, -0.15) is 0 Å². The number of benzene rings is 2. The van der Waals surface area contributed by atoms with Gasteiger partial charge >= 0.3 is 0 Å². The minimum atomic E-state index is -1.08. The second kappa shape index (κ2) is 10.6. The number of ether oxygens (including phenoxy) is 1. The number of phenols is 1. The van der Waals surface area contributed by atoms with Crippen LogP contribution in [0.4, 0.5) is 0 Å². The van der Waals surface area contributed by atoms with Gasteiger partial charge in [0.25, 0.3) is 0 Å². The minimum Gasteiger partial charge on any atom is -0.611 e. The number of carbonyl (C=O) groups excluding carboxylic acids is 1. The summed E-state index contributed by atoms with van der Waals surface area (Å²) in [6, 6.07) is 13.1. The molecule has 1 N–H and O–H groups in total. The van der Waals surface area contributed by atoms with E-state index in [4.69, 9.17) is 4.74 Å². The van der Waals surface area contributed by atoms with Crippen LogP contribution in [0.25, 0.3) is 0 Å². The number of piperidine rings is 1. The first-order valence-corrected chi connectivity index (χ1v) is 12.7. The lowest BCUT2D eigenvalue weighted by molar-refractivity contribution is -0.132. The van der Waals surface area contributed by atoms with Crippen molar-refractivity contribution in [1.82, 2.24) is 9.80 Å². The second-order valence-electron chi connectivity index (χ2n) is 8.74. The predicted molar refractivity (Wildman–Crippen MR) is 125 cm³/mol. The highest BCUT2D eigenvalue weighted by Crippen LogP contribution is 2.27. The van der Waals surface area contributed by atoms with Crippen molar-refractivity contribution in [3.05, 3.63) is 53.6 Å². The van der Waals surface area contributed by atoms with Gasteiger partial charge in [0.15, 0.2) is 4.90 Å². The molecule has 0 bridgehead atoms. The van der Waals surface area contributed by atoms with E-state index in [-0.39, 0.29) is 5.91 Å². The molecule has 0 saturated carbocycles. The number of nitrogens with zero attached hydrogens (tertiary/aromatic N) is 2. The maximum atomic E-state index is 12.9. The molecule has 0 aromatic heterocycles. The topological polar surface area (TPSA) is 76.1 Å². The Hall–Kier alpha value is -2.22. The van der Waals surface area contributed by atoms with E-state index in [1.165, 1.54) is 5.56 Å². The standard InChI is InChI=1S/C25H32N2O4S/c1-31-23-6-7-24-21(17-23)18-27(14-15-32(24)30)25(29)10-13-26-11-8-20(9-12-26)16-19-2-4-22(28)5-3-19/h2-7,17,20,28H,8-16,18H2,1H3. The molecule has 0 spiro atoms. The first-order valence-electron chi connectivity index (χ1n) is 11.3. The van der Waals surface area contributed by atoms with Crippen LogP contribution >= 0.6 is 0 Å². The van der Waals surface area contributed by atoms with Crippen LogP contribution in [0, 0.1) is 5.92 Å². The summed E-state index contributed by atoms with van der Waals surface area (Å²) in [5.41, 5.74) is 2.19. The molecule has 172 valence electrons. The monoisotopic (exact) mass is 456 g/mol. The molecule has 1 fully saturated rings. The van der Waals surface area contributed by atoms with E-state index in [0.717, 1.165) is 55.1 Å². The molecule has 0 aliphatic carbocycles. The average molecular weight is 457 g/mol. The molecule has 7 heteroatoms. The number of hydrogen-bond donors (Lipinski definition) is 1. The van der Waals surface area contributed by atoms with Crippen LogP contribution in [0.3, 0.4) is 0 Å². The van der Waals surface area contributed by atoms with Crippen LogP contribution in [0.15, 0.2) is 47.4 Å². The molecule has 32 heavy (non-hydrogen) atoms. The molecule has 6 nitrogen and oxygen atoms in total. The second-order valence-corrected chi connectivity index (χ2v) is 10.3. The van der Waals surface area contributed by atoms with Gasteiger partial charge in [0.05, 0.1) is 20.2 Å². The van der Waals surface area contributed by atoms with Crippen molar-refractivity contribution < 1.29 is 19.2 Å². The number of rotatable bonds is 6. The van der Waals surface area contributed by atoms with Gasteiger partial charge < -0.3 is 24.2 Å². The number of methoxy groups -OCH3 is 1. The summed E-state index contributed by atoms with van der Waals surface area (Å²) >= 11 is -1.08. The number of aromatic hydroxyl groups is 1. The van der Waals surface area contributed by atoms with Gasteiger partial charge in [-0.05, 0) is 85.3 Å². The van der Waals surface area contributed by atoms with Crippen molar-refractivity contribution in [2.75, 3.05) is 39.0 Å². The Morgan fingerprint density at radius 2 is 1.91 bits per heavy atom. The van der Waals surface area contributed by atoms with Gasteiger partial charge in [-0.15, -0.1) is 0 Å². The molecular formula is C25H32N2O4S. The zero-order chi connectivity index (χ0) is 22.5. The summed E-state index contributed by atoms with van der Waals surface area (Å²) in [6.07, 6.45) is 3.80. The number of fused-ring (bicyclic) bond motifs is 1. The maximum absolute atomic E-state index is 12.9. The molecule has 4 rings (SSSR count). The first-order chi connectivity index (χ1) is 15.5. The lowest BCUT2D eigenvalue weighted by Gasteiger charge is -2.32. The number of hydrogen-bond acceptors (Lipinski definition) is 5. The summed E-state index contributed by atoms with van der Waals surface area (Å²) in [5, 5.41) is 9.44. The Kier molecular flexibility index (Phi) is 7.60. The molecule has 2 aliphatic rings. The van der Waals surface area contributed by atoms with Crippen LogP contribution in [-0.4, -0.2) is 64.4 Å². The zero-order valence-electron chi connectivity index (χ0n) is 18.7. The predicted octanol–water partition coefficient (Wildman–Crippen LogP) is 3.20. The lowest BCUT2D eigenvalue weighted by atomic mass is 9.90. The lowest BCUT2D eigenvalue weighted by Crippen LogP contribution is -2.39. The van der Waals surface area contributed by atoms with E-state index < -0.39 is 11.2 Å². The molecule has 2 aliphatic heterocycles. The molecule has 1 atom stereocenters. The van der Waals surface area contributed by atoms with Gasteiger partial charge in [0.2, 0.25) is 5.91 Å². The van der Waals surface area contributed by atoms with Gasteiger partial charge in [0.1, 0.15) is 17.3 Å². The highest BCUT2D eigenvalue weighted by molar-refractivity contribution is 7.91. The van der Waals surface area contributed by atoms with Crippen LogP contribution in [0.2, 0.25) is 0 Å². The quantitative estimate of drug-likeness (QED) is 0.676. The molecule has 2 aromatic carbocycles. The third-order valence-corrected chi connectivity index (χ3v) is 8.03. The van der Waals surface area contributed by atoms with Crippen molar-refractivity contribution in [3.63, 3.8) is 0 Å². The normalized spacial score (nSPS) is 19.9. The van der Waals surface area contributed by atoms with Crippen molar-refractivity contribution >= 4 is 17.1 Å². The van der Waals surface area contributed by atoms with E-state index in [9.17, 15) is 14.5 Å². The molecule has 2 heterocycles. The summed E-state index contributed by atoms with van der Waals surface area (Å²) in [4.78, 5) is 18.0. The Labute approximate surface area is 193 Å². The third kappa shape index (κ3) is 5.77. The van der Waals surface area contributed by atoms with E-state index in [1.807, 2.05) is 35.2 Å². The zero-order valence-corrected chi connectivity index (χ0v) is 19.5. The summed E-state index contributed by atoms with van der Waals surface area (Å²) in [6.45, 7) is 3.82. The largest absolute Gasteiger partial charge is 0.611 e. The maximum Gasteiger partial charge on any atom is 0.224 e. The Bertz CT molecular complexity index is 913. The van der Waals surface area contributed by atoms with Crippen molar-refractivity contribution in [2.24, 2.45) is 5.92 Å². The van der Waals surface area contributed by atoms with E-state index >= 15 is 0 Å². The third-order valence-electron chi connectivity index (χ3n) is 6.58. The number of phenolic OH excluding ortho intramolecular Hbond substituents is 1. The fourth-order valence-electron chi connectivity index (χ4n) is 4.62. The van der Waals surface area contributed by atoms with Gasteiger partial charge in [-0.25, -0.2) is 0 Å². The summed E-state index contributed by atoms with van der Waals surface area (Å²) < 4.78 is 17.9. The van der Waals surface area contributed by atoms with Crippen molar-refractivity contribution in [2.45, 2.75) is 37.1 Å². The Morgan fingerprint density at radius 3 is 2.62 bits per heavy atom. The van der Waals surface area contributed by atoms with Gasteiger partial charge in [-0.3, -0.25) is 4.79 Å². The smallest absolute Gasteiger partial charge is 0.224 e. The first kappa shape index (κ1) is 23.0. The van der Waals surface area contributed by atoms with E-state index in [1.54, 1.807) is 19.2 Å². The van der Waals surface area contributed by atoms with Crippen molar-refractivity contribution in [3.8, 4) is 11.5 Å². The van der Waals surface area contributed by atoms with Gasteiger partial charge in [-0.1, -0.05) is 12.1 Å². The molecule has 1 amide bonds. The van der Waals surface area contributed by atoms with Crippen molar-refractivity contribution in [1.29, 1.82) is 0 Å². The molecule has 1 unspecified atom stereocenters. The Balaban J connectivity index is 1.25. The van der Waals surface area contributed by atoms with E-state index in [0.29, 0.717) is 36.9 Å². The minimum absolute atomic E-state index is 0.129. The van der Waals surface area contributed by atoms with Crippen LogP contribution in [-0.2, 0) is 28.9 Å².